The maximum Gasteiger partial charge on any atom is 0.255 e. The third-order valence-electron chi connectivity index (χ3n) is 7.68. The van der Waals surface area contributed by atoms with Gasteiger partial charge in [-0.2, -0.15) is 0 Å². The van der Waals surface area contributed by atoms with Crippen molar-refractivity contribution >= 4 is 38.9 Å². The van der Waals surface area contributed by atoms with E-state index in [1.165, 1.54) is 12.1 Å². The van der Waals surface area contributed by atoms with Crippen LogP contribution in [-0.2, 0) is 14.6 Å². The van der Waals surface area contributed by atoms with Crippen molar-refractivity contribution in [3.05, 3.63) is 58.4 Å². The highest BCUT2D eigenvalue weighted by Crippen LogP contribution is 2.52. The Kier molecular flexibility index (Phi) is 8.60. The van der Waals surface area contributed by atoms with Gasteiger partial charge in [-0.05, 0) is 62.1 Å². The Morgan fingerprint density at radius 3 is 2.26 bits per heavy atom. The number of fused-ring (bicyclic) bond motifs is 2. The van der Waals surface area contributed by atoms with E-state index in [2.05, 4.69) is 10.6 Å². The Morgan fingerprint density at radius 1 is 1.05 bits per heavy atom. The van der Waals surface area contributed by atoms with Crippen molar-refractivity contribution in [3.8, 4) is 0 Å². The van der Waals surface area contributed by atoms with Crippen molar-refractivity contribution in [1.29, 1.82) is 0 Å². The summed E-state index contributed by atoms with van der Waals surface area (Å²) in [5, 5.41) is 24.1. The number of amides is 2. The van der Waals surface area contributed by atoms with Gasteiger partial charge >= 0.3 is 0 Å². The van der Waals surface area contributed by atoms with E-state index in [0.29, 0.717) is 31.4 Å². The lowest BCUT2D eigenvalue weighted by molar-refractivity contribution is -0.124. The Labute approximate surface area is 228 Å². The molecule has 2 saturated carbocycles. The number of benzene rings is 2. The van der Waals surface area contributed by atoms with Gasteiger partial charge in [0.2, 0.25) is 5.91 Å². The van der Waals surface area contributed by atoms with Crippen LogP contribution in [0.4, 0.5) is 18.9 Å². The summed E-state index contributed by atoms with van der Waals surface area (Å²) < 4.78 is 67.6. The first-order valence-corrected chi connectivity index (χ1v) is 14.4. The topological polar surface area (TPSA) is 133 Å². The molecule has 2 aliphatic carbocycles. The van der Waals surface area contributed by atoms with Gasteiger partial charge in [-0.1, -0.05) is 11.6 Å². The highest BCUT2D eigenvalue weighted by Gasteiger charge is 2.55. The molecular formula is C26H28ClF3N2O6S. The Hall–Kier alpha value is -2.67. The van der Waals surface area contributed by atoms with Gasteiger partial charge in [0, 0.05) is 43.0 Å². The Balaban J connectivity index is 1.51. The van der Waals surface area contributed by atoms with Gasteiger partial charge in [0.05, 0.1) is 20.8 Å². The van der Waals surface area contributed by atoms with E-state index in [1.54, 1.807) is 0 Å². The number of rotatable bonds is 9. The zero-order valence-electron chi connectivity index (χ0n) is 20.7. The first-order chi connectivity index (χ1) is 18.4. The van der Waals surface area contributed by atoms with Crippen molar-refractivity contribution in [2.45, 2.75) is 54.3 Å². The molecule has 0 aromatic heterocycles. The van der Waals surface area contributed by atoms with Gasteiger partial charge in [0.1, 0.15) is 0 Å². The van der Waals surface area contributed by atoms with Crippen LogP contribution < -0.4 is 10.6 Å². The molecule has 2 fully saturated rings. The number of carbonyl (C=O) groups excluding carboxylic acids is 2. The van der Waals surface area contributed by atoms with E-state index in [9.17, 15) is 36.3 Å². The quantitative estimate of drug-likeness (QED) is 0.331. The average Bonchev–Trinajstić information content (AvgIpc) is 3.05. The van der Waals surface area contributed by atoms with Gasteiger partial charge in [0.15, 0.2) is 27.3 Å². The molecule has 0 radical (unpaired) electrons. The minimum atomic E-state index is -4.07. The second-order valence-corrected chi connectivity index (χ2v) is 12.7. The van der Waals surface area contributed by atoms with Crippen LogP contribution >= 0.6 is 11.6 Å². The number of sulfone groups is 1. The van der Waals surface area contributed by atoms with E-state index in [0.717, 1.165) is 6.07 Å². The van der Waals surface area contributed by atoms with E-state index in [-0.39, 0.29) is 71.3 Å². The van der Waals surface area contributed by atoms with Crippen LogP contribution in [0.2, 0.25) is 5.02 Å². The maximum absolute atomic E-state index is 13.7. The largest absolute Gasteiger partial charge is 0.396 e. The van der Waals surface area contributed by atoms with Crippen LogP contribution in [0.5, 0.6) is 0 Å². The molecule has 4 rings (SSSR count). The molecule has 39 heavy (non-hydrogen) atoms. The highest BCUT2D eigenvalue weighted by atomic mass is 35.5. The summed E-state index contributed by atoms with van der Waals surface area (Å²) >= 11 is 6.23. The zero-order valence-corrected chi connectivity index (χ0v) is 22.3. The second kappa shape index (κ2) is 11.4. The molecule has 2 amide bonds. The van der Waals surface area contributed by atoms with E-state index in [1.807, 2.05) is 0 Å². The first kappa shape index (κ1) is 29.3. The molecule has 0 spiro atoms. The predicted octanol–water partition coefficient (Wildman–Crippen LogP) is 3.59. The normalized spacial score (nSPS) is 24.4. The van der Waals surface area contributed by atoms with Crippen LogP contribution in [0.3, 0.4) is 0 Å². The summed E-state index contributed by atoms with van der Waals surface area (Å²) in [6.07, 6.45) is 1.84. The monoisotopic (exact) mass is 588 g/mol. The standard InChI is InChI=1S/C26H28ClF3N2O6S/c27-19-6-3-14(25(35)32-17-11-20(28)24(30)21(29)12-17)8-22(19)39(37,38)18-9-15-4-5-16(10-18)26(15,36)13-31-23(34)2-1-7-33/h3,6,8,11-12,15-16,18,33,36H,1-2,4-5,7,9-10,13H2,(H,31,34)(H,32,35). The molecule has 13 heteroatoms. The van der Waals surface area contributed by atoms with Crippen LogP contribution in [0.15, 0.2) is 35.2 Å². The summed E-state index contributed by atoms with van der Waals surface area (Å²) in [4.78, 5) is 24.4. The van der Waals surface area contributed by atoms with Gasteiger partial charge in [-0.15, -0.1) is 0 Å². The number of nitrogens with one attached hydrogen (secondary N) is 2. The highest BCUT2D eigenvalue weighted by molar-refractivity contribution is 7.92. The molecule has 4 N–H and O–H groups in total. The lowest BCUT2D eigenvalue weighted by Crippen LogP contribution is -2.54. The van der Waals surface area contributed by atoms with Crippen molar-refractivity contribution in [1.82, 2.24) is 5.32 Å². The second-order valence-electron chi connectivity index (χ2n) is 10.1. The molecule has 2 aromatic carbocycles. The molecule has 2 bridgehead atoms. The summed E-state index contributed by atoms with van der Waals surface area (Å²) in [6, 6.07) is 4.74. The van der Waals surface area contributed by atoms with Crippen molar-refractivity contribution < 1.29 is 41.4 Å². The molecule has 2 unspecified atom stereocenters. The average molecular weight is 589 g/mol. The van der Waals surface area contributed by atoms with Crippen molar-refractivity contribution in [3.63, 3.8) is 0 Å². The summed E-state index contributed by atoms with van der Waals surface area (Å²) in [7, 11) is -4.07. The molecular weight excluding hydrogens is 561 g/mol. The number of anilines is 1. The maximum atomic E-state index is 13.7. The van der Waals surface area contributed by atoms with Crippen molar-refractivity contribution in [2.75, 3.05) is 18.5 Å². The fraction of sp³-hybridized carbons (Fsp3) is 0.462. The number of halogens is 4. The van der Waals surface area contributed by atoms with E-state index >= 15 is 0 Å². The summed E-state index contributed by atoms with van der Waals surface area (Å²) in [6.45, 7) is -0.141. The van der Waals surface area contributed by atoms with Crippen LogP contribution in [-0.4, -0.2) is 54.4 Å². The molecule has 0 heterocycles. The van der Waals surface area contributed by atoms with Crippen LogP contribution in [0, 0.1) is 29.3 Å². The first-order valence-electron chi connectivity index (χ1n) is 12.5. The van der Waals surface area contributed by atoms with Crippen molar-refractivity contribution in [2.24, 2.45) is 11.8 Å². The SMILES string of the molecule is O=C(CCCO)NCC1(O)C2CCC1CC(S(=O)(=O)c1cc(C(=O)Nc3cc(F)c(F)c(F)c3)ccc1Cl)C2. The molecule has 2 aliphatic rings. The third-order valence-corrected chi connectivity index (χ3v) is 10.3. The van der Waals surface area contributed by atoms with E-state index in [4.69, 9.17) is 16.7 Å². The molecule has 2 atom stereocenters. The summed E-state index contributed by atoms with van der Waals surface area (Å²) in [5.74, 6) is -6.65. The van der Waals surface area contributed by atoms with E-state index < -0.39 is 44.0 Å². The number of hydrogen-bond donors (Lipinski definition) is 4. The van der Waals surface area contributed by atoms with Gasteiger partial charge < -0.3 is 20.8 Å². The van der Waals surface area contributed by atoms with Crippen LogP contribution in [0.1, 0.15) is 48.9 Å². The third kappa shape index (κ3) is 5.93. The predicted molar refractivity (Wildman–Crippen MR) is 136 cm³/mol. The van der Waals surface area contributed by atoms with Crippen LogP contribution in [0.25, 0.3) is 0 Å². The Morgan fingerprint density at radius 2 is 1.67 bits per heavy atom. The lowest BCUT2D eigenvalue weighted by atomic mass is 9.74. The minimum absolute atomic E-state index is 0.0135. The molecule has 2 aromatic rings. The van der Waals surface area contributed by atoms with Gasteiger partial charge in [-0.25, -0.2) is 21.6 Å². The molecule has 0 aliphatic heterocycles. The summed E-state index contributed by atoms with van der Waals surface area (Å²) in [5.41, 5.74) is -1.77. The fourth-order valence-electron chi connectivity index (χ4n) is 5.59. The molecule has 0 saturated heterocycles. The minimum Gasteiger partial charge on any atom is -0.396 e. The lowest BCUT2D eigenvalue weighted by Gasteiger charge is -2.42. The molecule has 8 nitrogen and oxygen atoms in total. The smallest absolute Gasteiger partial charge is 0.255 e. The molecule has 212 valence electrons. The Bertz CT molecular complexity index is 1350. The van der Waals surface area contributed by atoms with Gasteiger partial charge in [0.25, 0.3) is 5.91 Å². The number of hydrogen-bond acceptors (Lipinski definition) is 6. The number of aliphatic hydroxyl groups excluding tert-OH is 1. The fourth-order valence-corrected chi connectivity index (χ4v) is 8.00. The van der Waals surface area contributed by atoms with Gasteiger partial charge in [-0.3, -0.25) is 9.59 Å². The number of carbonyl (C=O) groups is 2. The number of aliphatic hydroxyl groups is 2. The zero-order chi connectivity index (χ0) is 28.5.